The summed E-state index contributed by atoms with van der Waals surface area (Å²) in [4.78, 5) is 21.9. The normalized spacial score (nSPS) is 11.9. The van der Waals surface area contributed by atoms with Crippen molar-refractivity contribution in [2.24, 2.45) is 0 Å². The number of rotatable bonds is 2. The lowest BCUT2D eigenvalue weighted by Gasteiger charge is -2.19. The molecule has 0 aliphatic carbocycles. The molecule has 2 amide bonds. The Balaban J connectivity index is 3.82. The standard InChI is InChI=1S/C9H15F3N2O3/c1-8(2,3)17-7(16)14-13-6(15)4-5-9(10,11)12/h4-5H2,1-3H3,(H,13,15)(H,14,16). The maximum absolute atomic E-state index is 11.7. The van der Waals surface area contributed by atoms with Crippen molar-refractivity contribution in [1.82, 2.24) is 10.9 Å². The van der Waals surface area contributed by atoms with Gasteiger partial charge in [0.1, 0.15) is 5.60 Å². The summed E-state index contributed by atoms with van der Waals surface area (Å²) in [5, 5.41) is 0. The third kappa shape index (κ3) is 10.8. The monoisotopic (exact) mass is 256 g/mol. The molecule has 17 heavy (non-hydrogen) atoms. The maximum Gasteiger partial charge on any atom is 0.426 e. The molecule has 0 aromatic rings. The van der Waals surface area contributed by atoms with Crippen molar-refractivity contribution in [3.8, 4) is 0 Å². The average molecular weight is 256 g/mol. The first kappa shape index (κ1) is 15.5. The molecule has 0 rings (SSSR count). The van der Waals surface area contributed by atoms with Crippen LogP contribution in [0.3, 0.4) is 0 Å². The van der Waals surface area contributed by atoms with Crippen LogP contribution in [0.5, 0.6) is 0 Å². The summed E-state index contributed by atoms with van der Waals surface area (Å²) < 4.78 is 40.0. The molecule has 2 N–H and O–H groups in total. The van der Waals surface area contributed by atoms with Gasteiger partial charge in [0.25, 0.3) is 0 Å². The Labute approximate surface area is 96.7 Å². The van der Waals surface area contributed by atoms with Gasteiger partial charge in [-0.25, -0.2) is 10.2 Å². The highest BCUT2D eigenvalue weighted by atomic mass is 19.4. The minimum atomic E-state index is -4.40. The molecule has 0 aliphatic heterocycles. The lowest BCUT2D eigenvalue weighted by molar-refractivity contribution is -0.144. The minimum absolute atomic E-state index is 0.749. The Kier molecular flexibility index (Phi) is 5.24. The molecule has 0 unspecified atom stereocenters. The molecule has 100 valence electrons. The highest BCUT2D eigenvalue weighted by Gasteiger charge is 2.28. The fourth-order valence-electron chi connectivity index (χ4n) is 0.742. The van der Waals surface area contributed by atoms with Crippen LogP contribution in [0.1, 0.15) is 33.6 Å². The van der Waals surface area contributed by atoms with E-state index in [1.165, 1.54) is 0 Å². The SMILES string of the molecule is CC(C)(C)OC(=O)NNC(=O)CCC(F)(F)F. The van der Waals surface area contributed by atoms with Crippen molar-refractivity contribution in [3.05, 3.63) is 0 Å². The number of hydrogen-bond acceptors (Lipinski definition) is 3. The predicted octanol–water partition coefficient (Wildman–Crippen LogP) is 1.88. The molecule has 0 saturated carbocycles. The van der Waals surface area contributed by atoms with Crippen molar-refractivity contribution in [1.29, 1.82) is 0 Å². The van der Waals surface area contributed by atoms with Gasteiger partial charge in [0, 0.05) is 6.42 Å². The average Bonchev–Trinajstić information content (AvgIpc) is 2.07. The highest BCUT2D eigenvalue weighted by Crippen LogP contribution is 2.20. The molecule has 0 fully saturated rings. The van der Waals surface area contributed by atoms with Crippen LogP contribution >= 0.6 is 0 Å². The van der Waals surface area contributed by atoms with Gasteiger partial charge in [-0.1, -0.05) is 0 Å². The van der Waals surface area contributed by atoms with Crippen LogP contribution in [0.4, 0.5) is 18.0 Å². The Morgan fingerprint density at radius 3 is 2.06 bits per heavy atom. The predicted molar refractivity (Wildman–Crippen MR) is 52.8 cm³/mol. The molecule has 0 saturated heterocycles. The highest BCUT2D eigenvalue weighted by molar-refractivity contribution is 5.79. The Morgan fingerprint density at radius 2 is 1.65 bits per heavy atom. The summed E-state index contributed by atoms with van der Waals surface area (Å²) in [6.45, 7) is 4.83. The topological polar surface area (TPSA) is 67.4 Å². The number of alkyl halides is 3. The molecule has 0 bridgehead atoms. The summed E-state index contributed by atoms with van der Waals surface area (Å²) in [7, 11) is 0. The van der Waals surface area contributed by atoms with Crippen LogP contribution in [-0.2, 0) is 9.53 Å². The fourth-order valence-corrected chi connectivity index (χ4v) is 0.742. The molecular formula is C9H15F3N2O3. The third-order valence-electron chi connectivity index (χ3n) is 1.34. The van der Waals surface area contributed by atoms with Crippen LogP contribution in [0, 0.1) is 0 Å². The number of carbonyl (C=O) groups excluding carboxylic acids is 2. The molecule has 0 heterocycles. The number of carbonyl (C=O) groups is 2. The van der Waals surface area contributed by atoms with E-state index in [4.69, 9.17) is 4.74 Å². The van der Waals surface area contributed by atoms with Gasteiger partial charge in [0.2, 0.25) is 5.91 Å². The molecule has 5 nitrogen and oxygen atoms in total. The van der Waals surface area contributed by atoms with Crippen molar-refractivity contribution in [2.45, 2.75) is 45.4 Å². The van der Waals surface area contributed by atoms with Gasteiger partial charge in [-0.15, -0.1) is 0 Å². The number of halogens is 3. The van der Waals surface area contributed by atoms with E-state index in [1.54, 1.807) is 20.8 Å². The fraction of sp³-hybridized carbons (Fsp3) is 0.778. The molecule has 0 aliphatic rings. The Bertz CT molecular complexity index is 284. The lowest BCUT2D eigenvalue weighted by atomic mass is 10.2. The van der Waals surface area contributed by atoms with Crippen LogP contribution in [0.2, 0.25) is 0 Å². The van der Waals surface area contributed by atoms with E-state index < -0.39 is 36.6 Å². The van der Waals surface area contributed by atoms with Crippen molar-refractivity contribution < 1.29 is 27.5 Å². The number of amides is 2. The van der Waals surface area contributed by atoms with Gasteiger partial charge >= 0.3 is 12.3 Å². The zero-order chi connectivity index (χ0) is 13.7. The minimum Gasteiger partial charge on any atom is -0.443 e. The molecule has 8 heteroatoms. The van der Waals surface area contributed by atoms with E-state index in [9.17, 15) is 22.8 Å². The zero-order valence-corrected chi connectivity index (χ0v) is 9.77. The molecule has 0 atom stereocenters. The van der Waals surface area contributed by atoms with Gasteiger partial charge in [-0.3, -0.25) is 10.2 Å². The van der Waals surface area contributed by atoms with E-state index >= 15 is 0 Å². The Morgan fingerprint density at radius 1 is 1.12 bits per heavy atom. The van der Waals surface area contributed by atoms with E-state index in [0.29, 0.717) is 0 Å². The summed E-state index contributed by atoms with van der Waals surface area (Å²) in [6, 6.07) is 0. The second kappa shape index (κ2) is 5.74. The molecule has 0 aromatic heterocycles. The van der Waals surface area contributed by atoms with Crippen LogP contribution in [0.25, 0.3) is 0 Å². The summed E-state index contributed by atoms with van der Waals surface area (Å²) in [6.07, 6.45) is -7.32. The van der Waals surface area contributed by atoms with E-state index in [2.05, 4.69) is 0 Å². The number of hydrazine groups is 1. The second-order valence-corrected chi connectivity index (χ2v) is 4.29. The van der Waals surface area contributed by atoms with Crippen molar-refractivity contribution in [2.75, 3.05) is 0 Å². The second-order valence-electron chi connectivity index (χ2n) is 4.29. The number of ether oxygens (including phenoxy) is 1. The first-order valence-corrected chi connectivity index (χ1v) is 4.84. The number of nitrogens with one attached hydrogen (secondary N) is 2. The van der Waals surface area contributed by atoms with Crippen LogP contribution in [0.15, 0.2) is 0 Å². The Hall–Kier alpha value is -1.47. The van der Waals surface area contributed by atoms with Gasteiger partial charge in [-0.05, 0) is 20.8 Å². The summed E-state index contributed by atoms with van der Waals surface area (Å²) >= 11 is 0. The summed E-state index contributed by atoms with van der Waals surface area (Å²) in [5.41, 5.74) is 2.91. The first-order chi connectivity index (χ1) is 7.49. The van der Waals surface area contributed by atoms with Gasteiger partial charge in [0.15, 0.2) is 0 Å². The smallest absolute Gasteiger partial charge is 0.426 e. The molecule has 0 aromatic carbocycles. The van der Waals surface area contributed by atoms with Crippen molar-refractivity contribution in [3.63, 3.8) is 0 Å². The van der Waals surface area contributed by atoms with Gasteiger partial charge < -0.3 is 4.74 Å². The van der Waals surface area contributed by atoms with Crippen molar-refractivity contribution >= 4 is 12.0 Å². The van der Waals surface area contributed by atoms with Crippen LogP contribution < -0.4 is 10.9 Å². The van der Waals surface area contributed by atoms with E-state index in [1.807, 2.05) is 10.9 Å². The van der Waals surface area contributed by atoms with Crippen LogP contribution in [-0.4, -0.2) is 23.8 Å². The maximum atomic E-state index is 11.7. The largest absolute Gasteiger partial charge is 0.443 e. The van der Waals surface area contributed by atoms with E-state index in [-0.39, 0.29) is 0 Å². The lowest BCUT2D eigenvalue weighted by Crippen LogP contribution is -2.44. The first-order valence-electron chi connectivity index (χ1n) is 4.84. The molecule has 0 radical (unpaired) electrons. The van der Waals surface area contributed by atoms with Gasteiger partial charge in [0.05, 0.1) is 6.42 Å². The van der Waals surface area contributed by atoms with Gasteiger partial charge in [-0.2, -0.15) is 13.2 Å². The third-order valence-corrected chi connectivity index (χ3v) is 1.34. The van der Waals surface area contributed by atoms with E-state index in [0.717, 1.165) is 0 Å². The number of hydrogen-bond donors (Lipinski definition) is 2. The quantitative estimate of drug-likeness (QED) is 0.741. The molecule has 0 spiro atoms. The summed E-state index contributed by atoms with van der Waals surface area (Å²) in [5.74, 6) is -0.937. The molecular weight excluding hydrogens is 241 g/mol. The zero-order valence-electron chi connectivity index (χ0n) is 9.77.